The van der Waals surface area contributed by atoms with Gasteiger partial charge in [0.05, 0.1) is 48.9 Å². The molecule has 2 unspecified atom stereocenters. The Morgan fingerprint density at radius 2 is 1.32 bits per heavy atom. The summed E-state index contributed by atoms with van der Waals surface area (Å²) in [5.74, 6) is 0. The summed E-state index contributed by atoms with van der Waals surface area (Å²) in [6.07, 6.45) is 9.90. The summed E-state index contributed by atoms with van der Waals surface area (Å²) in [4.78, 5) is 37.2. The average Bonchev–Trinajstić information content (AvgIpc) is 4.13. The number of ether oxygens (including phenoxy) is 1. The summed E-state index contributed by atoms with van der Waals surface area (Å²) in [5, 5.41) is 12.9. The molecule has 0 fully saturated rings. The Bertz CT molecular complexity index is 3110. The molecule has 2 aliphatic heterocycles. The molecule has 3 aromatic carbocycles. The zero-order valence-corrected chi connectivity index (χ0v) is 37.3. The molecular weight excluding hydrogens is 849 g/mol. The highest BCUT2D eigenvalue weighted by Crippen LogP contribution is 2.39. The fraction of sp³-hybridized carbons (Fsp3) is 0.188. The first kappa shape index (κ1) is 40.1. The van der Waals surface area contributed by atoms with Crippen LogP contribution in [-0.4, -0.2) is 56.1 Å². The largest absolute Gasteiger partial charge is 0.445 e. The summed E-state index contributed by atoms with van der Waals surface area (Å²) in [6, 6.07) is 31.1. The van der Waals surface area contributed by atoms with Gasteiger partial charge >= 0.3 is 6.09 Å². The van der Waals surface area contributed by atoms with Crippen molar-refractivity contribution < 1.29 is 9.53 Å². The van der Waals surface area contributed by atoms with Crippen molar-refractivity contribution >= 4 is 126 Å². The first-order valence-electron chi connectivity index (χ1n) is 20.5. The second-order valence-electron chi connectivity index (χ2n) is 15.2. The molecule has 310 valence electrons. The molecule has 3 N–H and O–H groups in total. The van der Waals surface area contributed by atoms with Gasteiger partial charge in [0, 0.05) is 56.9 Å². The van der Waals surface area contributed by atoms with Crippen molar-refractivity contribution in [2.75, 3.05) is 23.7 Å². The number of rotatable bonds is 8. The van der Waals surface area contributed by atoms with Gasteiger partial charge in [-0.15, -0.1) is 45.3 Å². The maximum atomic E-state index is 12.9. The van der Waals surface area contributed by atoms with E-state index in [1.807, 2.05) is 70.8 Å². The van der Waals surface area contributed by atoms with Crippen LogP contribution in [-0.2, 0) is 11.3 Å². The van der Waals surface area contributed by atoms with E-state index in [2.05, 4.69) is 110 Å². The smallest absolute Gasteiger partial charge is 0.410 e. The number of carbonyl (C=O) groups is 1. The van der Waals surface area contributed by atoms with Gasteiger partial charge in [-0.3, -0.25) is 0 Å². The quantitative estimate of drug-likeness (QED) is 0.137. The number of hydrogen-bond acceptors (Lipinski definition) is 13. The minimum atomic E-state index is -0.282. The van der Waals surface area contributed by atoms with Gasteiger partial charge in [-0.05, 0) is 111 Å². The maximum Gasteiger partial charge on any atom is 0.410 e. The van der Waals surface area contributed by atoms with Gasteiger partial charge in [-0.2, -0.15) is 0 Å². The summed E-state index contributed by atoms with van der Waals surface area (Å²) in [6.45, 7) is 6.27. The van der Waals surface area contributed by atoms with Crippen LogP contribution >= 0.6 is 45.3 Å². The lowest BCUT2D eigenvalue weighted by Gasteiger charge is -2.33. The fourth-order valence-electron chi connectivity index (χ4n) is 7.94. The molecule has 6 aromatic heterocycles. The zero-order valence-electron chi connectivity index (χ0n) is 34.0. The van der Waals surface area contributed by atoms with Crippen LogP contribution in [0.1, 0.15) is 42.0 Å². The molecule has 14 heteroatoms. The van der Waals surface area contributed by atoms with E-state index in [9.17, 15) is 4.79 Å². The predicted molar refractivity (Wildman–Crippen MR) is 260 cm³/mol. The maximum absolute atomic E-state index is 12.9. The minimum Gasteiger partial charge on any atom is -0.445 e. The fourth-order valence-corrected chi connectivity index (χ4v) is 11.6. The van der Waals surface area contributed by atoms with Crippen LogP contribution in [0.2, 0.25) is 0 Å². The highest BCUT2D eigenvalue weighted by Gasteiger charge is 2.29. The molecule has 0 saturated carbocycles. The summed E-state index contributed by atoms with van der Waals surface area (Å²) >= 11 is 6.72. The molecule has 9 aromatic rings. The number of aromatic nitrogens is 4. The molecule has 62 heavy (non-hydrogen) atoms. The van der Waals surface area contributed by atoms with Crippen molar-refractivity contribution in [2.24, 2.45) is 0 Å². The van der Waals surface area contributed by atoms with E-state index in [0.717, 1.165) is 84.2 Å². The van der Waals surface area contributed by atoms with E-state index in [4.69, 9.17) is 4.74 Å². The molecule has 2 atom stereocenters. The molecular formula is C48H42N8O2S4. The Morgan fingerprint density at radius 3 is 1.94 bits per heavy atom. The van der Waals surface area contributed by atoms with E-state index < -0.39 is 0 Å². The van der Waals surface area contributed by atoms with Crippen molar-refractivity contribution in [1.29, 1.82) is 0 Å². The second-order valence-corrected chi connectivity index (χ2v) is 19.0. The summed E-state index contributed by atoms with van der Waals surface area (Å²) in [7, 11) is 0. The third kappa shape index (κ3) is 8.44. The number of amides is 1. The van der Waals surface area contributed by atoms with Gasteiger partial charge in [-0.25, -0.2) is 24.7 Å². The Balaban J connectivity index is 0.000000156. The first-order chi connectivity index (χ1) is 30.4. The van der Waals surface area contributed by atoms with Crippen molar-refractivity contribution in [3.05, 3.63) is 142 Å². The number of nitrogens with zero attached hydrogens (tertiary/aromatic N) is 5. The van der Waals surface area contributed by atoms with Gasteiger partial charge in [0.25, 0.3) is 0 Å². The third-order valence-electron chi connectivity index (χ3n) is 11.2. The van der Waals surface area contributed by atoms with Gasteiger partial charge in [0.15, 0.2) is 0 Å². The molecule has 10 nitrogen and oxygen atoms in total. The lowest BCUT2D eigenvalue weighted by Crippen LogP contribution is -2.42. The monoisotopic (exact) mass is 890 g/mol. The van der Waals surface area contributed by atoms with Crippen molar-refractivity contribution in [1.82, 2.24) is 30.2 Å². The van der Waals surface area contributed by atoms with Crippen molar-refractivity contribution in [2.45, 2.75) is 45.4 Å². The number of thiophene rings is 2. The number of pyridine rings is 2. The number of fused-ring (bicyclic) bond motifs is 4. The van der Waals surface area contributed by atoms with E-state index in [1.165, 1.54) is 25.2 Å². The third-order valence-corrected chi connectivity index (χ3v) is 15.0. The van der Waals surface area contributed by atoms with Crippen LogP contribution in [0, 0.1) is 0 Å². The Labute approximate surface area is 374 Å². The molecule has 0 radical (unpaired) electrons. The highest BCUT2D eigenvalue weighted by atomic mass is 32.1. The van der Waals surface area contributed by atoms with E-state index >= 15 is 0 Å². The second kappa shape index (κ2) is 17.8. The topological polar surface area (TPSA) is 117 Å². The molecule has 0 saturated heterocycles. The predicted octanol–water partition coefficient (Wildman–Crippen LogP) is 12.9. The molecule has 1 amide bonds. The summed E-state index contributed by atoms with van der Waals surface area (Å²) in [5.41, 5.74) is 13.4. The standard InChI is InChI=1S/C28H24N4O2S2.C20H18N4S2/c1-18-21(8-5-13-32(18)28(33)34-16-19-6-3-2-4-7-19)26-15-22-23(11-12-29-27(22)36-26)31-20-9-10-25-24(14-20)30-17-35-25;1-12-14(3-2-7-21-12)19-10-15-16(6-8-22-20(15)26-19)24-13-4-5-18-17(9-13)23-11-25-18/h2-4,6-12,14-15,17-18H,5,13,16H2,1H3,(H,29,31);3-6,8-12,21H,2,7H2,1H3,(H,22,24). The van der Waals surface area contributed by atoms with Gasteiger partial charge in [0.1, 0.15) is 16.3 Å². The summed E-state index contributed by atoms with van der Waals surface area (Å²) < 4.78 is 8.00. The van der Waals surface area contributed by atoms with Crippen LogP contribution in [0.25, 0.3) is 52.0 Å². The Morgan fingerprint density at radius 1 is 0.726 bits per heavy atom. The van der Waals surface area contributed by atoms with E-state index in [0.29, 0.717) is 12.6 Å². The SMILES string of the molecule is CC1C(c2cc3c(Nc4ccc5scnc5c4)ccnc3s2)=CCCN1C(=O)OCc1ccccc1.CC1NCCC=C1c1cc2c(Nc3ccc4scnc4c3)ccnc2s1. The number of nitrogens with one attached hydrogen (secondary N) is 3. The number of hydrogen-bond donors (Lipinski definition) is 3. The lowest BCUT2D eigenvalue weighted by atomic mass is 10.00. The number of thiazole rings is 2. The highest BCUT2D eigenvalue weighted by molar-refractivity contribution is 7.20. The molecule has 8 heterocycles. The molecule has 2 aliphatic rings. The molecule has 0 aliphatic carbocycles. The number of benzene rings is 3. The van der Waals surface area contributed by atoms with E-state index in [-0.39, 0.29) is 18.7 Å². The van der Waals surface area contributed by atoms with Crippen LogP contribution in [0.15, 0.2) is 127 Å². The van der Waals surface area contributed by atoms with Crippen LogP contribution in [0.4, 0.5) is 27.5 Å². The zero-order chi connectivity index (χ0) is 42.0. The Hall–Kier alpha value is -6.03. The van der Waals surface area contributed by atoms with Crippen LogP contribution in [0.3, 0.4) is 0 Å². The van der Waals surface area contributed by atoms with Crippen molar-refractivity contribution in [3.63, 3.8) is 0 Å². The minimum absolute atomic E-state index is 0.0847. The van der Waals surface area contributed by atoms with Gasteiger partial charge in [0.2, 0.25) is 0 Å². The number of carbonyl (C=O) groups excluding carboxylic acids is 1. The molecule has 11 rings (SSSR count). The van der Waals surface area contributed by atoms with Crippen molar-refractivity contribution in [3.8, 4) is 0 Å². The molecule has 0 spiro atoms. The molecule has 0 bridgehead atoms. The van der Waals surface area contributed by atoms with Gasteiger partial charge < -0.3 is 25.6 Å². The Kier molecular flexibility index (Phi) is 11.5. The normalized spacial score (nSPS) is 16.5. The lowest BCUT2D eigenvalue weighted by molar-refractivity contribution is 0.0900. The van der Waals surface area contributed by atoms with Crippen LogP contribution in [0.5, 0.6) is 0 Å². The average molecular weight is 891 g/mol. The number of anilines is 4. The van der Waals surface area contributed by atoms with Gasteiger partial charge in [-0.1, -0.05) is 42.5 Å². The van der Waals surface area contributed by atoms with E-state index in [1.54, 1.807) is 45.3 Å². The first-order valence-corrected chi connectivity index (χ1v) is 23.9. The van der Waals surface area contributed by atoms with Crippen LogP contribution < -0.4 is 16.0 Å².